The molecule has 1 aromatic carbocycles. The maximum absolute atomic E-state index is 12.0. The van der Waals surface area contributed by atoms with Crippen molar-refractivity contribution in [3.63, 3.8) is 0 Å². The van der Waals surface area contributed by atoms with Crippen LogP contribution in [0, 0.1) is 0 Å². The van der Waals surface area contributed by atoms with Crippen molar-refractivity contribution in [2.45, 2.75) is 26.4 Å². The lowest BCUT2D eigenvalue weighted by Gasteiger charge is -2.16. The van der Waals surface area contributed by atoms with Crippen LogP contribution in [0.5, 0.6) is 11.5 Å². The van der Waals surface area contributed by atoms with Gasteiger partial charge in [0.1, 0.15) is 11.5 Å². The molecule has 0 heterocycles. The Balaban J connectivity index is 2.30. The summed E-state index contributed by atoms with van der Waals surface area (Å²) in [4.78, 5) is 12.0. The summed E-state index contributed by atoms with van der Waals surface area (Å²) in [7, 11) is 0. The van der Waals surface area contributed by atoms with Crippen molar-refractivity contribution in [3.05, 3.63) is 24.3 Å². The number of hydrogen-bond acceptors (Lipinski definition) is 5. The predicted molar refractivity (Wildman–Crippen MR) is 103 cm³/mol. The largest absolute Gasteiger partial charge is 0.494 e. The third-order valence-electron chi connectivity index (χ3n) is 2.93. The molecule has 8 heteroatoms. The van der Waals surface area contributed by atoms with Gasteiger partial charge in [-0.3, -0.25) is 15.6 Å². The first kappa shape index (κ1) is 20.4. The highest BCUT2D eigenvalue weighted by Gasteiger charge is 2.14. The Bertz CT molecular complexity index is 512. The summed E-state index contributed by atoms with van der Waals surface area (Å²) in [6.07, 6.45) is 2.41. The van der Waals surface area contributed by atoms with Crippen molar-refractivity contribution in [2.24, 2.45) is 0 Å². The van der Waals surface area contributed by atoms with Crippen LogP contribution in [0.25, 0.3) is 0 Å². The Labute approximate surface area is 153 Å². The second kappa shape index (κ2) is 11.8. The zero-order valence-corrected chi connectivity index (χ0v) is 15.9. The van der Waals surface area contributed by atoms with E-state index in [0.29, 0.717) is 17.5 Å². The molecular weight excluding hydrogens is 346 g/mol. The van der Waals surface area contributed by atoms with Crippen molar-refractivity contribution in [2.75, 3.05) is 25.2 Å². The molecule has 0 bridgehead atoms. The van der Waals surface area contributed by atoms with Gasteiger partial charge in [0.2, 0.25) is 0 Å². The fraction of sp³-hybridized carbons (Fsp3) is 0.500. The summed E-state index contributed by atoms with van der Waals surface area (Å²) in [6.45, 7) is 4.96. The number of hydrogen-bond donors (Lipinski definition) is 3. The minimum atomic E-state index is -0.658. The van der Waals surface area contributed by atoms with Crippen LogP contribution in [0.3, 0.4) is 0 Å². The van der Waals surface area contributed by atoms with Crippen molar-refractivity contribution in [1.82, 2.24) is 16.2 Å². The number of carbonyl (C=O) groups is 1. The van der Waals surface area contributed by atoms with Crippen LogP contribution < -0.4 is 25.6 Å². The third-order valence-corrected chi connectivity index (χ3v) is 3.87. The molecule has 6 nitrogen and oxygen atoms in total. The molecule has 0 aliphatic rings. The van der Waals surface area contributed by atoms with Crippen molar-refractivity contribution in [1.29, 1.82) is 0 Å². The minimum Gasteiger partial charge on any atom is -0.494 e. The van der Waals surface area contributed by atoms with Crippen LogP contribution in [-0.4, -0.2) is 42.3 Å². The maximum Gasteiger partial charge on any atom is 0.279 e. The van der Waals surface area contributed by atoms with E-state index < -0.39 is 6.10 Å². The van der Waals surface area contributed by atoms with E-state index in [1.165, 1.54) is 0 Å². The van der Waals surface area contributed by atoms with Crippen LogP contribution in [0.2, 0.25) is 0 Å². The van der Waals surface area contributed by atoms with Crippen molar-refractivity contribution < 1.29 is 14.3 Å². The van der Waals surface area contributed by atoms with Gasteiger partial charge in [-0.15, -0.1) is 0 Å². The molecule has 0 fully saturated rings. The van der Waals surface area contributed by atoms with E-state index in [2.05, 4.69) is 22.4 Å². The van der Waals surface area contributed by atoms with Crippen molar-refractivity contribution in [3.8, 4) is 11.5 Å². The maximum atomic E-state index is 12.0. The van der Waals surface area contributed by atoms with Gasteiger partial charge < -0.3 is 14.8 Å². The van der Waals surface area contributed by atoms with Gasteiger partial charge in [0, 0.05) is 6.54 Å². The Hall–Kier alpha value is -1.67. The molecule has 1 aromatic rings. The van der Waals surface area contributed by atoms with Gasteiger partial charge in [0.05, 0.1) is 6.61 Å². The van der Waals surface area contributed by atoms with E-state index in [-0.39, 0.29) is 5.91 Å². The van der Waals surface area contributed by atoms with Crippen LogP contribution in [0.15, 0.2) is 24.3 Å². The average molecular weight is 372 g/mol. The number of carbonyl (C=O) groups excluding carboxylic acids is 1. The van der Waals surface area contributed by atoms with Gasteiger partial charge in [-0.2, -0.15) is 11.8 Å². The molecule has 1 rings (SSSR count). The van der Waals surface area contributed by atoms with E-state index in [4.69, 9.17) is 21.7 Å². The molecule has 0 saturated carbocycles. The van der Waals surface area contributed by atoms with E-state index in [1.54, 1.807) is 43.0 Å². The number of hydrazine groups is 1. The predicted octanol–water partition coefficient (Wildman–Crippen LogP) is 2.10. The number of benzene rings is 1. The Kier molecular flexibility index (Phi) is 10.0. The van der Waals surface area contributed by atoms with Gasteiger partial charge in [-0.05, 0) is 68.8 Å². The van der Waals surface area contributed by atoms with Gasteiger partial charge in [-0.25, -0.2) is 0 Å². The molecule has 134 valence electrons. The second-order valence-corrected chi connectivity index (χ2v) is 6.27. The molecule has 1 amide bonds. The number of ether oxygens (including phenoxy) is 2. The van der Waals surface area contributed by atoms with E-state index >= 15 is 0 Å². The number of amides is 1. The standard InChI is InChI=1S/C16H25N3O3S2/c1-4-21-13-6-8-14(9-7-13)22-12(2)15(20)18-19-16(23)17-10-5-11-24-3/h6-9,12H,4-5,10-11H2,1-3H3,(H,18,20)(H2,17,19,23)/t12-/m1/s1. The number of rotatable bonds is 9. The SMILES string of the molecule is CCOc1ccc(O[C@H](C)C(=O)NNC(=S)NCCCSC)cc1. The van der Waals surface area contributed by atoms with Crippen LogP contribution in [0.4, 0.5) is 0 Å². The zero-order chi connectivity index (χ0) is 17.8. The van der Waals surface area contributed by atoms with E-state index in [1.807, 2.05) is 6.92 Å². The van der Waals surface area contributed by atoms with Gasteiger partial charge >= 0.3 is 0 Å². The van der Waals surface area contributed by atoms with E-state index in [9.17, 15) is 4.79 Å². The fourth-order valence-electron chi connectivity index (χ4n) is 1.72. The normalized spacial score (nSPS) is 11.3. The highest BCUT2D eigenvalue weighted by atomic mass is 32.2. The zero-order valence-electron chi connectivity index (χ0n) is 14.3. The highest BCUT2D eigenvalue weighted by Crippen LogP contribution is 2.18. The smallest absolute Gasteiger partial charge is 0.279 e. The van der Waals surface area contributed by atoms with E-state index in [0.717, 1.165) is 24.5 Å². The molecule has 0 spiro atoms. The molecule has 24 heavy (non-hydrogen) atoms. The van der Waals surface area contributed by atoms with Crippen LogP contribution in [-0.2, 0) is 4.79 Å². The Morgan fingerprint density at radius 1 is 1.25 bits per heavy atom. The number of thiocarbonyl (C=S) groups is 1. The lowest BCUT2D eigenvalue weighted by Crippen LogP contribution is -2.50. The minimum absolute atomic E-state index is 0.308. The average Bonchev–Trinajstić information content (AvgIpc) is 2.58. The molecule has 0 radical (unpaired) electrons. The summed E-state index contributed by atoms with van der Waals surface area (Å²) in [5.41, 5.74) is 5.19. The first-order valence-corrected chi connectivity index (χ1v) is 9.59. The number of thioether (sulfide) groups is 1. The first-order valence-electron chi connectivity index (χ1n) is 7.79. The molecule has 0 aromatic heterocycles. The molecule has 0 aliphatic heterocycles. The third kappa shape index (κ3) is 8.26. The van der Waals surface area contributed by atoms with Gasteiger partial charge in [0.25, 0.3) is 5.91 Å². The van der Waals surface area contributed by atoms with Crippen molar-refractivity contribution >= 4 is 35.0 Å². The molecule has 0 aliphatic carbocycles. The second-order valence-electron chi connectivity index (χ2n) is 4.88. The summed E-state index contributed by atoms with van der Waals surface area (Å²) < 4.78 is 10.9. The monoisotopic (exact) mass is 371 g/mol. The first-order chi connectivity index (χ1) is 11.6. The van der Waals surface area contributed by atoms with Crippen LogP contribution >= 0.6 is 24.0 Å². The Morgan fingerprint density at radius 3 is 2.54 bits per heavy atom. The summed E-state index contributed by atoms with van der Waals surface area (Å²) in [6, 6.07) is 7.13. The summed E-state index contributed by atoms with van der Waals surface area (Å²) in [5, 5.41) is 3.40. The fourth-order valence-corrected chi connectivity index (χ4v) is 2.31. The topological polar surface area (TPSA) is 71.6 Å². The molecule has 0 unspecified atom stereocenters. The Morgan fingerprint density at radius 2 is 1.92 bits per heavy atom. The van der Waals surface area contributed by atoms with Crippen LogP contribution in [0.1, 0.15) is 20.3 Å². The molecule has 0 saturated heterocycles. The molecule has 3 N–H and O–H groups in total. The molecular formula is C16H25N3O3S2. The van der Waals surface area contributed by atoms with Gasteiger partial charge in [0.15, 0.2) is 11.2 Å². The lowest BCUT2D eigenvalue weighted by atomic mass is 10.3. The molecule has 1 atom stereocenters. The summed E-state index contributed by atoms with van der Waals surface area (Å²) >= 11 is 6.86. The lowest BCUT2D eigenvalue weighted by molar-refractivity contribution is -0.127. The van der Waals surface area contributed by atoms with Gasteiger partial charge in [-0.1, -0.05) is 0 Å². The summed E-state index contributed by atoms with van der Waals surface area (Å²) in [5.74, 6) is 2.12. The highest BCUT2D eigenvalue weighted by molar-refractivity contribution is 7.98. The quantitative estimate of drug-likeness (QED) is 0.349. The number of nitrogens with one attached hydrogen (secondary N) is 3.